The van der Waals surface area contributed by atoms with Gasteiger partial charge in [0.05, 0.1) is 18.7 Å². The Kier molecular flexibility index (Phi) is 5.34. The largest absolute Gasteiger partial charge is 0.464 e. The zero-order chi connectivity index (χ0) is 20.4. The van der Waals surface area contributed by atoms with Crippen LogP contribution in [0.4, 0.5) is 4.39 Å². The molecule has 1 heterocycles. The Morgan fingerprint density at radius 3 is 2.66 bits per heavy atom. The number of halogens is 1. The third-order valence-electron chi connectivity index (χ3n) is 5.31. The van der Waals surface area contributed by atoms with Crippen LogP contribution in [0.2, 0.25) is 0 Å². The van der Waals surface area contributed by atoms with Crippen LogP contribution < -0.4 is 5.32 Å². The van der Waals surface area contributed by atoms with E-state index in [1.807, 2.05) is 0 Å². The predicted octanol–water partition coefficient (Wildman–Crippen LogP) is 4.02. The molecular weight excluding hydrogens is 373 g/mol. The van der Waals surface area contributed by atoms with Crippen molar-refractivity contribution in [2.24, 2.45) is 0 Å². The zero-order valence-corrected chi connectivity index (χ0v) is 16.2. The Morgan fingerprint density at radius 1 is 1.17 bits per heavy atom. The second kappa shape index (κ2) is 8.07. The minimum atomic E-state index is -0.488. The Bertz CT molecular complexity index is 1050. The number of fused-ring (bicyclic) bond motifs is 2. The molecule has 1 aromatic heterocycles. The number of aryl methyl sites for hydroxylation is 2. The highest BCUT2D eigenvalue weighted by Gasteiger charge is 2.18. The molecule has 1 atom stereocenters. The van der Waals surface area contributed by atoms with Crippen molar-refractivity contribution in [1.82, 2.24) is 5.32 Å². The summed E-state index contributed by atoms with van der Waals surface area (Å²) < 4.78 is 23.7. The monoisotopic (exact) mass is 395 g/mol. The molecule has 0 unspecified atom stereocenters. The van der Waals surface area contributed by atoms with Gasteiger partial charge in [0.2, 0.25) is 0 Å². The lowest BCUT2D eigenvalue weighted by atomic mass is 10.0. The molecule has 6 heteroatoms. The standard InChI is InChI=1S/C23H22FNO4/c1-14(15-5-7-19(24)8-6-15)25-22(26)13-29-23(27)11-18-12-28-21-10-17-4-2-3-16(17)9-20(18)21/h5-10,12,14H,2-4,11,13H2,1H3,(H,25,26)/t14-/m1/s1. The molecule has 29 heavy (non-hydrogen) atoms. The molecule has 4 rings (SSSR count). The maximum atomic E-state index is 13.0. The van der Waals surface area contributed by atoms with Crippen LogP contribution in [-0.4, -0.2) is 18.5 Å². The van der Waals surface area contributed by atoms with E-state index in [1.54, 1.807) is 25.3 Å². The summed E-state index contributed by atoms with van der Waals surface area (Å²) in [5.41, 5.74) is 4.93. The lowest BCUT2D eigenvalue weighted by Gasteiger charge is -2.14. The van der Waals surface area contributed by atoms with Crippen LogP contribution in [0.15, 0.2) is 47.1 Å². The van der Waals surface area contributed by atoms with Crippen LogP contribution in [-0.2, 0) is 33.6 Å². The molecule has 1 amide bonds. The van der Waals surface area contributed by atoms with Crippen molar-refractivity contribution < 1.29 is 23.1 Å². The number of rotatable bonds is 6. The number of carbonyl (C=O) groups is 2. The van der Waals surface area contributed by atoms with Crippen molar-refractivity contribution >= 4 is 22.8 Å². The van der Waals surface area contributed by atoms with Crippen molar-refractivity contribution in [3.8, 4) is 0 Å². The number of hydrogen-bond donors (Lipinski definition) is 1. The molecule has 1 aliphatic carbocycles. The smallest absolute Gasteiger partial charge is 0.310 e. The second-order valence-corrected chi connectivity index (χ2v) is 7.41. The van der Waals surface area contributed by atoms with E-state index in [-0.39, 0.29) is 24.9 Å². The average molecular weight is 395 g/mol. The van der Waals surface area contributed by atoms with Gasteiger partial charge in [0.25, 0.3) is 5.91 Å². The lowest BCUT2D eigenvalue weighted by molar-refractivity contribution is -0.148. The summed E-state index contributed by atoms with van der Waals surface area (Å²) in [7, 11) is 0. The third-order valence-corrected chi connectivity index (χ3v) is 5.31. The number of carbonyl (C=O) groups excluding carboxylic acids is 2. The van der Waals surface area contributed by atoms with Gasteiger partial charge in [-0.05, 0) is 67.1 Å². The number of amides is 1. The van der Waals surface area contributed by atoms with Crippen LogP contribution in [0.5, 0.6) is 0 Å². The highest BCUT2D eigenvalue weighted by atomic mass is 19.1. The van der Waals surface area contributed by atoms with Crippen LogP contribution in [0, 0.1) is 5.82 Å². The number of esters is 1. The van der Waals surface area contributed by atoms with E-state index in [1.165, 1.54) is 23.3 Å². The van der Waals surface area contributed by atoms with Crippen molar-refractivity contribution in [3.63, 3.8) is 0 Å². The molecular formula is C23H22FNO4. The molecule has 0 aliphatic heterocycles. The highest BCUT2D eigenvalue weighted by Crippen LogP contribution is 2.30. The molecule has 0 bridgehead atoms. The SMILES string of the molecule is C[C@@H](NC(=O)COC(=O)Cc1coc2cc3c(cc12)CCC3)c1ccc(F)cc1. The Balaban J connectivity index is 1.31. The van der Waals surface area contributed by atoms with Crippen LogP contribution in [0.25, 0.3) is 11.0 Å². The van der Waals surface area contributed by atoms with E-state index in [4.69, 9.17) is 9.15 Å². The van der Waals surface area contributed by atoms with E-state index in [0.717, 1.165) is 41.4 Å². The van der Waals surface area contributed by atoms with Crippen molar-refractivity contribution in [1.29, 1.82) is 0 Å². The summed E-state index contributed by atoms with van der Waals surface area (Å²) >= 11 is 0. The summed E-state index contributed by atoms with van der Waals surface area (Å²) in [6, 6.07) is 9.71. The van der Waals surface area contributed by atoms with Gasteiger partial charge >= 0.3 is 5.97 Å². The lowest BCUT2D eigenvalue weighted by Crippen LogP contribution is -2.31. The Hall–Kier alpha value is -3.15. The number of hydrogen-bond acceptors (Lipinski definition) is 4. The van der Waals surface area contributed by atoms with Crippen molar-refractivity contribution in [3.05, 3.63) is 70.7 Å². The van der Waals surface area contributed by atoms with Gasteiger partial charge in [-0.1, -0.05) is 12.1 Å². The van der Waals surface area contributed by atoms with Gasteiger partial charge in [0.1, 0.15) is 11.4 Å². The first-order valence-electron chi connectivity index (χ1n) is 9.72. The van der Waals surface area contributed by atoms with E-state index in [0.29, 0.717) is 0 Å². The summed E-state index contributed by atoms with van der Waals surface area (Å²) in [6.45, 7) is 1.42. The second-order valence-electron chi connectivity index (χ2n) is 7.41. The quantitative estimate of drug-likeness (QED) is 0.640. The molecule has 5 nitrogen and oxygen atoms in total. The van der Waals surface area contributed by atoms with Gasteiger partial charge in [-0.2, -0.15) is 0 Å². The first-order chi connectivity index (χ1) is 14.0. The van der Waals surface area contributed by atoms with Gasteiger partial charge in [-0.15, -0.1) is 0 Å². The Labute approximate surface area is 167 Å². The molecule has 1 N–H and O–H groups in total. The third kappa shape index (κ3) is 4.31. The number of furan rings is 1. The van der Waals surface area contributed by atoms with E-state index in [2.05, 4.69) is 17.4 Å². The first-order valence-corrected chi connectivity index (χ1v) is 9.72. The molecule has 0 saturated heterocycles. The van der Waals surface area contributed by atoms with Crippen LogP contribution in [0.3, 0.4) is 0 Å². The molecule has 0 saturated carbocycles. The van der Waals surface area contributed by atoms with E-state index >= 15 is 0 Å². The van der Waals surface area contributed by atoms with Gasteiger partial charge in [0.15, 0.2) is 6.61 Å². The molecule has 0 fully saturated rings. The summed E-state index contributed by atoms with van der Waals surface area (Å²) in [4.78, 5) is 24.3. The molecule has 0 radical (unpaired) electrons. The highest BCUT2D eigenvalue weighted by molar-refractivity contribution is 5.88. The molecule has 2 aromatic carbocycles. The maximum Gasteiger partial charge on any atom is 0.310 e. The van der Waals surface area contributed by atoms with Crippen molar-refractivity contribution in [2.75, 3.05) is 6.61 Å². The zero-order valence-electron chi connectivity index (χ0n) is 16.2. The van der Waals surface area contributed by atoms with Crippen LogP contribution in [0.1, 0.15) is 41.6 Å². The van der Waals surface area contributed by atoms with Gasteiger partial charge < -0.3 is 14.5 Å². The van der Waals surface area contributed by atoms with Gasteiger partial charge in [-0.25, -0.2) is 4.39 Å². The minimum absolute atomic E-state index is 0.0482. The average Bonchev–Trinajstić information content (AvgIpc) is 3.31. The maximum absolute atomic E-state index is 13.0. The van der Waals surface area contributed by atoms with Crippen molar-refractivity contribution in [2.45, 2.75) is 38.6 Å². The van der Waals surface area contributed by atoms with Crippen LogP contribution >= 0.6 is 0 Å². The summed E-state index contributed by atoms with van der Waals surface area (Å²) in [5, 5.41) is 3.66. The van der Waals surface area contributed by atoms with E-state index < -0.39 is 11.9 Å². The molecule has 3 aromatic rings. The number of ether oxygens (including phenoxy) is 1. The molecule has 1 aliphatic rings. The fourth-order valence-electron chi connectivity index (χ4n) is 3.76. The summed E-state index contributed by atoms with van der Waals surface area (Å²) in [5.74, 6) is -1.24. The minimum Gasteiger partial charge on any atom is -0.464 e. The Morgan fingerprint density at radius 2 is 1.90 bits per heavy atom. The fourth-order valence-corrected chi connectivity index (χ4v) is 3.76. The first kappa shape index (κ1) is 19.2. The topological polar surface area (TPSA) is 68.5 Å². The summed E-state index contributed by atoms with van der Waals surface area (Å²) in [6.07, 6.45) is 4.89. The number of nitrogens with one attached hydrogen (secondary N) is 1. The van der Waals surface area contributed by atoms with Gasteiger partial charge in [0, 0.05) is 10.9 Å². The normalized spacial score (nSPS) is 13.9. The fraction of sp³-hybridized carbons (Fsp3) is 0.304. The molecule has 0 spiro atoms. The van der Waals surface area contributed by atoms with Gasteiger partial charge in [-0.3, -0.25) is 9.59 Å². The predicted molar refractivity (Wildman–Crippen MR) is 106 cm³/mol. The number of benzene rings is 2. The van der Waals surface area contributed by atoms with E-state index in [9.17, 15) is 14.0 Å². The molecule has 150 valence electrons.